The van der Waals surface area contributed by atoms with Gasteiger partial charge in [-0.05, 0) is 54.3 Å². The molecule has 3 rings (SSSR count). The summed E-state index contributed by atoms with van der Waals surface area (Å²) in [5.74, 6) is 0.499. The maximum absolute atomic E-state index is 12.1. The molecule has 2 heterocycles. The lowest BCUT2D eigenvalue weighted by atomic mass is 10.1. The van der Waals surface area contributed by atoms with Gasteiger partial charge in [-0.1, -0.05) is 13.8 Å². The van der Waals surface area contributed by atoms with Gasteiger partial charge in [-0.25, -0.2) is 9.78 Å². The number of nitrogens with zero attached hydrogens (tertiary/aromatic N) is 2. The van der Waals surface area contributed by atoms with Crippen LogP contribution in [0.4, 0.5) is 16.2 Å². The molecule has 2 aromatic heterocycles. The van der Waals surface area contributed by atoms with Crippen LogP contribution in [0.2, 0.25) is 0 Å². The quantitative estimate of drug-likeness (QED) is 0.579. The number of aromatic nitrogens is 2. The highest BCUT2D eigenvalue weighted by Crippen LogP contribution is 2.15. The Morgan fingerprint density at radius 3 is 2.46 bits per heavy atom. The molecule has 0 radical (unpaired) electrons. The first-order valence-corrected chi connectivity index (χ1v) is 9.36. The van der Waals surface area contributed by atoms with Gasteiger partial charge in [0.05, 0.1) is 0 Å². The molecule has 0 spiro atoms. The monoisotopic (exact) mass is 379 g/mol. The molecule has 0 saturated heterocycles. The van der Waals surface area contributed by atoms with Crippen LogP contribution in [0.25, 0.3) is 5.65 Å². The first kappa shape index (κ1) is 19.4. The van der Waals surface area contributed by atoms with Crippen LogP contribution in [0.1, 0.15) is 32.3 Å². The zero-order chi connectivity index (χ0) is 19.9. The van der Waals surface area contributed by atoms with Crippen LogP contribution in [0.3, 0.4) is 0 Å². The van der Waals surface area contributed by atoms with Gasteiger partial charge in [-0.2, -0.15) is 0 Å². The van der Waals surface area contributed by atoms with E-state index in [4.69, 9.17) is 0 Å². The number of urea groups is 1. The fraction of sp³-hybridized carbons (Fsp3) is 0.286. The number of benzene rings is 1. The SMILES string of the molecule is CC(C)CCC(=O)Nc1ccc(NC(=O)NCc2ccn3ccnc3c2)cc1. The van der Waals surface area contributed by atoms with Crippen LogP contribution >= 0.6 is 0 Å². The molecule has 0 bridgehead atoms. The van der Waals surface area contributed by atoms with Crippen molar-refractivity contribution in [3.05, 3.63) is 60.6 Å². The van der Waals surface area contributed by atoms with E-state index in [2.05, 4.69) is 34.8 Å². The highest BCUT2D eigenvalue weighted by molar-refractivity contribution is 5.92. The molecule has 28 heavy (non-hydrogen) atoms. The summed E-state index contributed by atoms with van der Waals surface area (Å²) in [6.45, 7) is 4.59. The van der Waals surface area contributed by atoms with Crippen molar-refractivity contribution in [2.45, 2.75) is 33.2 Å². The molecule has 0 atom stereocenters. The third-order valence-corrected chi connectivity index (χ3v) is 4.29. The van der Waals surface area contributed by atoms with Gasteiger partial charge in [-0.15, -0.1) is 0 Å². The van der Waals surface area contributed by atoms with Gasteiger partial charge in [0.1, 0.15) is 5.65 Å². The van der Waals surface area contributed by atoms with E-state index in [1.165, 1.54) is 0 Å². The van der Waals surface area contributed by atoms with Crippen LogP contribution in [0, 0.1) is 5.92 Å². The molecule has 0 fully saturated rings. The Morgan fingerprint density at radius 2 is 1.75 bits per heavy atom. The molecule has 7 nitrogen and oxygen atoms in total. The summed E-state index contributed by atoms with van der Waals surface area (Å²) in [5.41, 5.74) is 3.17. The maximum Gasteiger partial charge on any atom is 0.319 e. The van der Waals surface area contributed by atoms with Crippen molar-refractivity contribution in [3.63, 3.8) is 0 Å². The van der Waals surface area contributed by atoms with E-state index in [-0.39, 0.29) is 11.9 Å². The lowest BCUT2D eigenvalue weighted by Crippen LogP contribution is -2.28. The molecule has 0 unspecified atom stereocenters. The van der Waals surface area contributed by atoms with Gasteiger partial charge in [-0.3, -0.25) is 4.79 Å². The number of carbonyl (C=O) groups excluding carboxylic acids is 2. The van der Waals surface area contributed by atoms with Gasteiger partial charge < -0.3 is 20.4 Å². The molecule has 3 aromatic rings. The van der Waals surface area contributed by atoms with Crippen LogP contribution in [-0.4, -0.2) is 21.3 Å². The molecule has 0 aliphatic heterocycles. The molecule has 0 aliphatic rings. The highest BCUT2D eigenvalue weighted by Gasteiger charge is 2.06. The minimum atomic E-state index is -0.295. The number of pyridine rings is 1. The van der Waals surface area contributed by atoms with Gasteiger partial charge >= 0.3 is 6.03 Å². The molecule has 1 aromatic carbocycles. The summed E-state index contributed by atoms with van der Waals surface area (Å²) in [7, 11) is 0. The van der Waals surface area contributed by atoms with E-state index >= 15 is 0 Å². The minimum Gasteiger partial charge on any atom is -0.334 e. The third-order valence-electron chi connectivity index (χ3n) is 4.29. The van der Waals surface area contributed by atoms with Gasteiger partial charge in [0.25, 0.3) is 0 Å². The summed E-state index contributed by atoms with van der Waals surface area (Å²) < 4.78 is 1.91. The Kier molecular flexibility index (Phi) is 6.26. The van der Waals surface area contributed by atoms with Crippen LogP contribution in [0.5, 0.6) is 0 Å². The smallest absolute Gasteiger partial charge is 0.319 e. The van der Waals surface area contributed by atoms with Gasteiger partial charge in [0.15, 0.2) is 0 Å². The third kappa shape index (κ3) is 5.57. The molecular formula is C21H25N5O2. The molecule has 3 amide bonds. The Hall–Kier alpha value is -3.35. The Balaban J connectivity index is 1.46. The fourth-order valence-corrected chi connectivity index (χ4v) is 2.70. The first-order valence-electron chi connectivity index (χ1n) is 9.36. The molecule has 146 valence electrons. The average molecular weight is 379 g/mol. The summed E-state index contributed by atoms with van der Waals surface area (Å²) in [4.78, 5) is 28.2. The predicted octanol–water partition coefficient (Wildman–Crippen LogP) is 4.03. The number of fused-ring (bicyclic) bond motifs is 1. The number of carbonyl (C=O) groups is 2. The van der Waals surface area contributed by atoms with Crippen molar-refractivity contribution in [2.24, 2.45) is 5.92 Å². The van der Waals surface area contributed by atoms with Crippen molar-refractivity contribution in [1.82, 2.24) is 14.7 Å². The number of anilines is 2. The Bertz CT molecular complexity index is 947. The number of imidazole rings is 1. The molecule has 0 aliphatic carbocycles. The standard InChI is InChI=1S/C21H25N5O2/c1-15(2)3-8-20(27)24-17-4-6-18(7-5-17)25-21(28)23-14-16-9-11-26-12-10-22-19(26)13-16/h4-7,9-13,15H,3,8,14H2,1-2H3,(H,24,27)(H2,23,25,28). The van der Waals surface area contributed by atoms with Crippen molar-refractivity contribution in [1.29, 1.82) is 0 Å². The van der Waals surface area contributed by atoms with E-state index in [1.807, 2.05) is 28.9 Å². The van der Waals surface area contributed by atoms with E-state index in [9.17, 15) is 9.59 Å². The second-order valence-corrected chi connectivity index (χ2v) is 7.09. The van der Waals surface area contributed by atoms with Crippen LogP contribution in [-0.2, 0) is 11.3 Å². The van der Waals surface area contributed by atoms with E-state index in [1.54, 1.807) is 30.5 Å². The molecule has 7 heteroatoms. The largest absolute Gasteiger partial charge is 0.334 e. The van der Waals surface area contributed by atoms with E-state index < -0.39 is 0 Å². The molecular weight excluding hydrogens is 354 g/mol. The average Bonchev–Trinajstić information content (AvgIpc) is 3.14. The minimum absolute atomic E-state index is 0.00148. The number of rotatable bonds is 7. The summed E-state index contributed by atoms with van der Waals surface area (Å²) in [6.07, 6.45) is 6.88. The van der Waals surface area contributed by atoms with Gasteiger partial charge in [0, 0.05) is 42.9 Å². The summed E-state index contributed by atoms with van der Waals surface area (Å²) in [5, 5.41) is 8.46. The van der Waals surface area contributed by atoms with Gasteiger partial charge in [0.2, 0.25) is 5.91 Å². The number of hydrogen-bond acceptors (Lipinski definition) is 3. The molecule has 3 N–H and O–H groups in total. The Morgan fingerprint density at radius 1 is 1.04 bits per heavy atom. The summed E-state index contributed by atoms with van der Waals surface area (Å²) >= 11 is 0. The van der Waals surface area contributed by atoms with Crippen molar-refractivity contribution in [3.8, 4) is 0 Å². The summed E-state index contributed by atoms with van der Waals surface area (Å²) in [6, 6.07) is 10.6. The van der Waals surface area contributed by atoms with Crippen LogP contribution < -0.4 is 16.0 Å². The Labute approximate surface area is 164 Å². The lowest BCUT2D eigenvalue weighted by molar-refractivity contribution is -0.116. The van der Waals surface area contributed by atoms with E-state index in [0.717, 1.165) is 17.6 Å². The van der Waals surface area contributed by atoms with Crippen molar-refractivity contribution < 1.29 is 9.59 Å². The normalized spacial score (nSPS) is 10.8. The zero-order valence-electron chi connectivity index (χ0n) is 16.1. The fourth-order valence-electron chi connectivity index (χ4n) is 2.70. The zero-order valence-corrected chi connectivity index (χ0v) is 16.1. The number of hydrogen-bond donors (Lipinski definition) is 3. The predicted molar refractivity (Wildman–Crippen MR) is 110 cm³/mol. The number of nitrogens with one attached hydrogen (secondary N) is 3. The number of amides is 3. The van der Waals surface area contributed by atoms with E-state index in [0.29, 0.717) is 30.3 Å². The maximum atomic E-state index is 12.1. The first-order chi connectivity index (χ1) is 13.5. The second-order valence-electron chi connectivity index (χ2n) is 7.09. The van der Waals surface area contributed by atoms with Crippen molar-refractivity contribution in [2.75, 3.05) is 10.6 Å². The second kappa shape index (κ2) is 9.03. The van der Waals surface area contributed by atoms with Crippen LogP contribution in [0.15, 0.2) is 55.0 Å². The van der Waals surface area contributed by atoms with Crippen molar-refractivity contribution >= 4 is 29.0 Å². The lowest BCUT2D eigenvalue weighted by Gasteiger charge is -2.10. The topological polar surface area (TPSA) is 87.5 Å². The molecule has 0 saturated carbocycles. The highest BCUT2D eigenvalue weighted by atomic mass is 16.2.